The molecule has 0 atom stereocenters. The minimum absolute atomic E-state index is 0. The molecule has 1 amide bonds. The number of carbonyl (C=O) groups excluding carboxylic acids is 1. The standard InChI is InChI=1S/C27H41N3O3S.ClH/c1-25(2,3)19-14-18(15-20(23(19)31)26(4,5)6)21-17-34-22(28-21)16-29-10-12-30(13-11-29)24(32)33-27(7,8)9;/h14-15,17,31H,10-13,16H2,1-9H3;1H. The average Bonchev–Trinajstić information content (AvgIpc) is 3.14. The number of hydrogen-bond donors (Lipinski definition) is 1. The third kappa shape index (κ3) is 7.58. The highest BCUT2D eigenvalue weighted by molar-refractivity contribution is 7.09. The summed E-state index contributed by atoms with van der Waals surface area (Å²) < 4.78 is 5.50. The summed E-state index contributed by atoms with van der Waals surface area (Å²) in [6.07, 6.45) is -0.236. The quantitative estimate of drug-likeness (QED) is 0.492. The van der Waals surface area contributed by atoms with Gasteiger partial charge in [-0.25, -0.2) is 9.78 Å². The normalized spacial score (nSPS) is 15.6. The van der Waals surface area contributed by atoms with Crippen molar-refractivity contribution in [1.82, 2.24) is 14.8 Å². The molecule has 1 aliphatic heterocycles. The van der Waals surface area contributed by atoms with E-state index in [2.05, 4.69) is 64.0 Å². The number of phenols is 1. The number of amides is 1. The number of aromatic hydroxyl groups is 1. The van der Waals surface area contributed by atoms with Crippen LogP contribution in [0.3, 0.4) is 0 Å². The lowest BCUT2D eigenvalue weighted by Crippen LogP contribution is -2.49. The predicted octanol–water partition coefficient (Wildman–Crippen LogP) is 6.59. The van der Waals surface area contributed by atoms with Crippen LogP contribution in [0.25, 0.3) is 11.3 Å². The molecular formula is C27H42ClN3O3S. The number of carbonyl (C=O) groups is 1. The molecule has 6 nitrogen and oxygen atoms in total. The van der Waals surface area contributed by atoms with Gasteiger partial charge >= 0.3 is 6.09 Å². The predicted molar refractivity (Wildman–Crippen MR) is 147 cm³/mol. The van der Waals surface area contributed by atoms with Crippen LogP contribution in [0, 0.1) is 0 Å². The largest absolute Gasteiger partial charge is 0.507 e. The van der Waals surface area contributed by atoms with Crippen LogP contribution < -0.4 is 0 Å². The maximum Gasteiger partial charge on any atom is 0.410 e. The Balaban J connectivity index is 0.00000432. The van der Waals surface area contributed by atoms with E-state index in [4.69, 9.17) is 9.72 Å². The molecule has 2 heterocycles. The summed E-state index contributed by atoms with van der Waals surface area (Å²) in [5.74, 6) is 0.391. The lowest BCUT2D eigenvalue weighted by atomic mass is 9.78. The Kier molecular flexibility index (Phi) is 8.95. The third-order valence-electron chi connectivity index (χ3n) is 5.96. The van der Waals surface area contributed by atoms with Crippen LogP contribution in [0.5, 0.6) is 5.75 Å². The van der Waals surface area contributed by atoms with Gasteiger partial charge in [-0.15, -0.1) is 23.7 Å². The van der Waals surface area contributed by atoms with Gasteiger partial charge in [0, 0.05) is 48.2 Å². The van der Waals surface area contributed by atoms with E-state index < -0.39 is 5.60 Å². The number of nitrogens with zero attached hydrogens (tertiary/aromatic N) is 3. The molecule has 1 N–H and O–H groups in total. The molecule has 35 heavy (non-hydrogen) atoms. The number of hydrogen-bond acceptors (Lipinski definition) is 6. The first-order chi connectivity index (χ1) is 15.5. The van der Waals surface area contributed by atoms with E-state index >= 15 is 0 Å². The van der Waals surface area contributed by atoms with Gasteiger partial charge in [-0.3, -0.25) is 4.90 Å². The Labute approximate surface area is 221 Å². The van der Waals surface area contributed by atoms with Gasteiger partial charge in [-0.1, -0.05) is 41.5 Å². The third-order valence-corrected chi connectivity index (χ3v) is 6.79. The monoisotopic (exact) mass is 523 g/mol. The second-order valence-electron chi connectivity index (χ2n) is 12.3. The molecule has 0 bridgehead atoms. The highest BCUT2D eigenvalue weighted by Gasteiger charge is 2.28. The van der Waals surface area contributed by atoms with Crippen molar-refractivity contribution in [2.24, 2.45) is 0 Å². The van der Waals surface area contributed by atoms with Gasteiger partial charge in [0.2, 0.25) is 0 Å². The Morgan fingerprint density at radius 2 is 1.49 bits per heavy atom. The number of phenolic OH excluding ortho intramolecular Hbond substituents is 1. The van der Waals surface area contributed by atoms with E-state index in [-0.39, 0.29) is 29.3 Å². The molecule has 0 aliphatic carbocycles. The summed E-state index contributed by atoms with van der Waals surface area (Å²) in [7, 11) is 0. The number of rotatable bonds is 3. The number of benzene rings is 1. The zero-order valence-electron chi connectivity index (χ0n) is 22.7. The SMILES string of the molecule is CC(C)(C)OC(=O)N1CCN(Cc2nc(-c3cc(C(C)(C)C)c(O)c(C(C)(C)C)c3)cs2)CC1.Cl. The number of ether oxygens (including phenoxy) is 1. The van der Waals surface area contributed by atoms with Gasteiger partial charge in [-0.05, 0) is 43.7 Å². The van der Waals surface area contributed by atoms with E-state index in [1.165, 1.54) is 0 Å². The van der Waals surface area contributed by atoms with Crippen LogP contribution in [-0.2, 0) is 22.1 Å². The smallest absolute Gasteiger partial charge is 0.410 e. The van der Waals surface area contributed by atoms with Crippen LogP contribution in [0.4, 0.5) is 4.79 Å². The Morgan fingerprint density at radius 3 is 1.94 bits per heavy atom. The number of halogens is 1. The molecule has 1 aromatic carbocycles. The van der Waals surface area contributed by atoms with Crippen LogP contribution in [-0.4, -0.2) is 57.8 Å². The molecule has 0 radical (unpaired) electrons. The van der Waals surface area contributed by atoms with E-state index in [0.717, 1.165) is 47.0 Å². The first-order valence-electron chi connectivity index (χ1n) is 12.1. The molecule has 0 unspecified atom stereocenters. The second-order valence-corrected chi connectivity index (χ2v) is 13.2. The van der Waals surface area contributed by atoms with Gasteiger partial charge in [0.15, 0.2) is 0 Å². The van der Waals surface area contributed by atoms with Crippen LogP contribution >= 0.6 is 23.7 Å². The number of aromatic nitrogens is 1. The van der Waals surface area contributed by atoms with Crippen LogP contribution in [0.15, 0.2) is 17.5 Å². The van der Waals surface area contributed by atoms with Gasteiger partial charge in [0.1, 0.15) is 16.4 Å². The van der Waals surface area contributed by atoms with E-state index in [0.29, 0.717) is 18.8 Å². The van der Waals surface area contributed by atoms with Crippen molar-refractivity contribution in [2.75, 3.05) is 26.2 Å². The van der Waals surface area contributed by atoms with Gasteiger partial charge < -0.3 is 14.7 Å². The lowest BCUT2D eigenvalue weighted by Gasteiger charge is -2.35. The van der Waals surface area contributed by atoms with Crippen molar-refractivity contribution in [3.63, 3.8) is 0 Å². The molecule has 1 aromatic heterocycles. The molecular weight excluding hydrogens is 482 g/mol. The molecule has 0 saturated carbocycles. The van der Waals surface area contributed by atoms with Crippen LogP contribution in [0.1, 0.15) is 78.4 Å². The zero-order valence-corrected chi connectivity index (χ0v) is 24.3. The van der Waals surface area contributed by atoms with Gasteiger partial charge in [0.05, 0.1) is 12.2 Å². The summed E-state index contributed by atoms with van der Waals surface area (Å²) in [5, 5.41) is 14.2. The Hall–Kier alpha value is -1.83. The lowest BCUT2D eigenvalue weighted by molar-refractivity contribution is 0.0139. The molecule has 196 valence electrons. The molecule has 8 heteroatoms. The Bertz CT molecular complexity index is 989. The molecule has 3 rings (SSSR count). The maximum absolute atomic E-state index is 12.3. The number of thiazole rings is 1. The molecule has 1 saturated heterocycles. The first-order valence-corrected chi connectivity index (χ1v) is 13.0. The average molecular weight is 524 g/mol. The van der Waals surface area contributed by atoms with Crippen molar-refractivity contribution < 1.29 is 14.6 Å². The fraction of sp³-hybridized carbons (Fsp3) is 0.630. The second kappa shape index (κ2) is 10.7. The highest BCUT2D eigenvalue weighted by Crippen LogP contribution is 2.42. The summed E-state index contributed by atoms with van der Waals surface area (Å²) in [6, 6.07) is 4.17. The maximum atomic E-state index is 12.3. The van der Waals surface area contributed by atoms with Crippen molar-refractivity contribution in [1.29, 1.82) is 0 Å². The minimum atomic E-state index is -0.473. The topological polar surface area (TPSA) is 65.9 Å². The minimum Gasteiger partial charge on any atom is -0.507 e. The molecule has 2 aromatic rings. The van der Waals surface area contributed by atoms with Gasteiger partial charge in [0.25, 0.3) is 0 Å². The van der Waals surface area contributed by atoms with E-state index in [1.807, 2.05) is 20.8 Å². The summed E-state index contributed by atoms with van der Waals surface area (Å²) in [5.41, 5.74) is 3.07. The van der Waals surface area contributed by atoms with E-state index in [9.17, 15) is 9.90 Å². The summed E-state index contributed by atoms with van der Waals surface area (Å²) in [4.78, 5) is 21.4. The fourth-order valence-electron chi connectivity index (χ4n) is 4.05. The van der Waals surface area contributed by atoms with Crippen molar-refractivity contribution in [3.05, 3.63) is 33.6 Å². The van der Waals surface area contributed by atoms with E-state index in [1.54, 1.807) is 16.2 Å². The van der Waals surface area contributed by atoms with Crippen molar-refractivity contribution in [3.8, 4) is 17.0 Å². The Morgan fingerprint density at radius 1 is 0.971 bits per heavy atom. The zero-order chi connectivity index (χ0) is 25.5. The van der Waals surface area contributed by atoms with Crippen molar-refractivity contribution >= 4 is 29.8 Å². The first kappa shape index (κ1) is 29.4. The molecule has 0 spiro atoms. The number of piperazine rings is 1. The molecule has 1 fully saturated rings. The molecule has 1 aliphatic rings. The highest BCUT2D eigenvalue weighted by atomic mass is 35.5. The fourth-order valence-corrected chi connectivity index (χ4v) is 4.89. The summed E-state index contributed by atoms with van der Waals surface area (Å²) >= 11 is 1.66. The van der Waals surface area contributed by atoms with Gasteiger partial charge in [-0.2, -0.15) is 0 Å². The van der Waals surface area contributed by atoms with Crippen LogP contribution in [0.2, 0.25) is 0 Å². The van der Waals surface area contributed by atoms with Crippen molar-refractivity contribution in [2.45, 2.75) is 85.3 Å². The summed E-state index contributed by atoms with van der Waals surface area (Å²) in [6.45, 7) is 22.1.